The van der Waals surface area contributed by atoms with E-state index in [9.17, 15) is 0 Å². The van der Waals surface area contributed by atoms with Crippen LogP contribution in [0.3, 0.4) is 0 Å². The molecular formula is C10H19Br. The van der Waals surface area contributed by atoms with Crippen molar-refractivity contribution in [3.05, 3.63) is 10.6 Å². The van der Waals surface area contributed by atoms with Crippen LogP contribution in [0.4, 0.5) is 0 Å². The molecule has 0 saturated heterocycles. The second kappa shape index (κ2) is 6.90. The van der Waals surface area contributed by atoms with E-state index < -0.39 is 0 Å². The fraction of sp³-hybridized carbons (Fsp3) is 0.800. The quantitative estimate of drug-likeness (QED) is 0.597. The van der Waals surface area contributed by atoms with E-state index in [-0.39, 0.29) is 0 Å². The van der Waals surface area contributed by atoms with E-state index >= 15 is 0 Å². The Balaban J connectivity index is 3.43. The van der Waals surface area contributed by atoms with Gasteiger partial charge >= 0.3 is 0 Å². The molecule has 11 heavy (non-hydrogen) atoms. The molecule has 0 radical (unpaired) electrons. The summed E-state index contributed by atoms with van der Waals surface area (Å²) in [4.78, 5) is 0. The van der Waals surface area contributed by atoms with Crippen molar-refractivity contribution in [2.24, 2.45) is 5.92 Å². The van der Waals surface area contributed by atoms with E-state index in [1.807, 2.05) is 0 Å². The molecule has 0 nitrogen and oxygen atoms in total. The molecule has 0 saturated carbocycles. The summed E-state index contributed by atoms with van der Waals surface area (Å²) in [6, 6.07) is 0. The highest BCUT2D eigenvalue weighted by Gasteiger charge is 1.93. The molecular weight excluding hydrogens is 200 g/mol. The van der Waals surface area contributed by atoms with E-state index in [0.29, 0.717) is 5.92 Å². The highest BCUT2D eigenvalue weighted by Crippen LogP contribution is 2.17. The van der Waals surface area contributed by atoms with Gasteiger partial charge in [-0.1, -0.05) is 55.6 Å². The van der Waals surface area contributed by atoms with Gasteiger partial charge in [-0.05, 0) is 23.2 Å². The van der Waals surface area contributed by atoms with Crippen LogP contribution in [-0.2, 0) is 0 Å². The van der Waals surface area contributed by atoms with Crippen molar-refractivity contribution in [3.63, 3.8) is 0 Å². The fourth-order valence-electron chi connectivity index (χ4n) is 0.989. The first kappa shape index (κ1) is 11.2. The molecule has 0 aliphatic rings. The van der Waals surface area contributed by atoms with Crippen LogP contribution >= 0.6 is 15.9 Å². The van der Waals surface area contributed by atoms with Gasteiger partial charge in [0.2, 0.25) is 0 Å². The lowest BCUT2D eigenvalue weighted by atomic mass is 10.1. The van der Waals surface area contributed by atoms with E-state index in [1.54, 1.807) is 0 Å². The lowest BCUT2D eigenvalue weighted by Crippen LogP contribution is -1.82. The molecule has 0 rings (SSSR count). The van der Waals surface area contributed by atoms with Crippen molar-refractivity contribution in [1.82, 2.24) is 0 Å². The third kappa shape index (κ3) is 8.12. The predicted molar refractivity (Wildman–Crippen MR) is 56.0 cm³/mol. The molecule has 0 N–H and O–H groups in total. The Bertz CT molecular complexity index is 114. The zero-order valence-corrected chi connectivity index (χ0v) is 9.45. The van der Waals surface area contributed by atoms with Crippen LogP contribution < -0.4 is 0 Å². The number of rotatable bonds is 5. The first-order valence-electron chi connectivity index (χ1n) is 4.53. The second-order valence-corrected chi connectivity index (χ2v) is 4.33. The average molecular weight is 219 g/mol. The third-order valence-electron chi connectivity index (χ3n) is 1.53. The number of allylic oxidation sites excluding steroid dienone is 2. The SMILES string of the molecule is CCCCC/C(Br)=C\C(C)C. The van der Waals surface area contributed by atoms with Gasteiger partial charge in [-0.3, -0.25) is 0 Å². The lowest BCUT2D eigenvalue weighted by Gasteiger charge is -2.00. The van der Waals surface area contributed by atoms with Crippen LogP contribution in [-0.4, -0.2) is 0 Å². The van der Waals surface area contributed by atoms with Crippen LogP contribution in [0.15, 0.2) is 10.6 Å². The summed E-state index contributed by atoms with van der Waals surface area (Å²) in [7, 11) is 0. The zero-order valence-electron chi connectivity index (χ0n) is 7.86. The first-order valence-corrected chi connectivity index (χ1v) is 5.32. The van der Waals surface area contributed by atoms with Crippen LogP contribution in [0.2, 0.25) is 0 Å². The predicted octanol–water partition coefficient (Wildman–Crippen LogP) is 4.50. The maximum atomic E-state index is 3.57. The highest BCUT2D eigenvalue weighted by molar-refractivity contribution is 9.11. The third-order valence-corrected chi connectivity index (χ3v) is 2.19. The molecule has 66 valence electrons. The Kier molecular flexibility index (Phi) is 7.04. The Labute approximate surface area is 79.2 Å². The van der Waals surface area contributed by atoms with Crippen LogP contribution in [0.25, 0.3) is 0 Å². The standard InChI is InChI=1S/C10H19Br/c1-4-5-6-7-10(11)8-9(2)3/h8-9H,4-7H2,1-3H3/b10-8+. The summed E-state index contributed by atoms with van der Waals surface area (Å²) in [5.74, 6) is 0.672. The maximum absolute atomic E-state index is 3.57. The van der Waals surface area contributed by atoms with E-state index in [2.05, 4.69) is 42.8 Å². The van der Waals surface area contributed by atoms with Gasteiger partial charge in [0.05, 0.1) is 0 Å². The van der Waals surface area contributed by atoms with Crippen LogP contribution in [0.1, 0.15) is 46.5 Å². The number of halogens is 1. The van der Waals surface area contributed by atoms with Crippen molar-refractivity contribution >= 4 is 15.9 Å². The molecule has 0 aromatic heterocycles. The minimum atomic E-state index is 0.672. The molecule has 1 heteroatoms. The van der Waals surface area contributed by atoms with Gasteiger partial charge in [-0.15, -0.1) is 0 Å². The molecule has 0 aromatic rings. The minimum Gasteiger partial charge on any atom is -0.0718 e. The van der Waals surface area contributed by atoms with Crippen LogP contribution in [0, 0.1) is 5.92 Å². The Morgan fingerprint density at radius 3 is 2.45 bits per heavy atom. The van der Waals surface area contributed by atoms with Gasteiger partial charge in [0.1, 0.15) is 0 Å². The molecule has 0 unspecified atom stereocenters. The smallest absolute Gasteiger partial charge is 0.00866 e. The summed E-state index contributed by atoms with van der Waals surface area (Å²) >= 11 is 3.57. The summed E-state index contributed by atoms with van der Waals surface area (Å²) in [5.41, 5.74) is 0. The molecule has 0 fully saturated rings. The Morgan fingerprint density at radius 2 is 2.00 bits per heavy atom. The highest BCUT2D eigenvalue weighted by atomic mass is 79.9. The molecule has 0 heterocycles. The monoisotopic (exact) mass is 218 g/mol. The Morgan fingerprint density at radius 1 is 1.36 bits per heavy atom. The van der Waals surface area contributed by atoms with E-state index in [1.165, 1.54) is 30.2 Å². The fourth-order valence-corrected chi connectivity index (χ4v) is 1.80. The Hall–Kier alpha value is 0.220. The minimum absolute atomic E-state index is 0.672. The summed E-state index contributed by atoms with van der Waals surface area (Å²) in [6.07, 6.45) is 7.48. The lowest BCUT2D eigenvalue weighted by molar-refractivity contribution is 0.720. The van der Waals surface area contributed by atoms with E-state index in [4.69, 9.17) is 0 Å². The average Bonchev–Trinajstić information content (AvgIpc) is 1.86. The van der Waals surface area contributed by atoms with Gasteiger partial charge in [-0.2, -0.15) is 0 Å². The van der Waals surface area contributed by atoms with Crippen molar-refractivity contribution in [2.75, 3.05) is 0 Å². The van der Waals surface area contributed by atoms with Gasteiger partial charge in [0, 0.05) is 0 Å². The molecule has 0 aliphatic heterocycles. The van der Waals surface area contributed by atoms with Gasteiger partial charge < -0.3 is 0 Å². The molecule has 0 bridgehead atoms. The van der Waals surface area contributed by atoms with Gasteiger partial charge in [0.25, 0.3) is 0 Å². The van der Waals surface area contributed by atoms with Gasteiger partial charge in [0.15, 0.2) is 0 Å². The summed E-state index contributed by atoms with van der Waals surface area (Å²) < 4.78 is 1.38. The first-order chi connectivity index (χ1) is 5.16. The summed E-state index contributed by atoms with van der Waals surface area (Å²) in [6.45, 7) is 6.65. The van der Waals surface area contributed by atoms with Crippen molar-refractivity contribution in [3.8, 4) is 0 Å². The molecule has 0 aliphatic carbocycles. The number of hydrogen-bond donors (Lipinski definition) is 0. The van der Waals surface area contributed by atoms with Crippen LogP contribution in [0.5, 0.6) is 0 Å². The number of unbranched alkanes of at least 4 members (excludes halogenated alkanes) is 2. The second-order valence-electron chi connectivity index (χ2n) is 3.31. The molecule has 0 amide bonds. The summed E-state index contributed by atoms with van der Waals surface area (Å²) in [5, 5.41) is 0. The molecule has 0 atom stereocenters. The van der Waals surface area contributed by atoms with Crippen molar-refractivity contribution in [1.29, 1.82) is 0 Å². The molecule has 0 spiro atoms. The van der Waals surface area contributed by atoms with Crippen molar-refractivity contribution in [2.45, 2.75) is 46.5 Å². The van der Waals surface area contributed by atoms with Gasteiger partial charge in [-0.25, -0.2) is 0 Å². The molecule has 0 aromatic carbocycles. The number of hydrogen-bond acceptors (Lipinski definition) is 0. The normalized spacial score (nSPS) is 12.6. The van der Waals surface area contributed by atoms with E-state index in [0.717, 1.165) is 0 Å². The topological polar surface area (TPSA) is 0 Å². The maximum Gasteiger partial charge on any atom is -0.00866 e. The zero-order chi connectivity index (χ0) is 8.69. The van der Waals surface area contributed by atoms with Crippen molar-refractivity contribution < 1.29 is 0 Å². The largest absolute Gasteiger partial charge is 0.0718 e.